The van der Waals surface area contributed by atoms with Gasteiger partial charge in [-0.2, -0.15) is 0 Å². The summed E-state index contributed by atoms with van der Waals surface area (Å²) in [5.74, 6) is -2.50. The summed E-state index contributed by atoms with van der Waals surface area (Å²) in [5.41, 5.74) is 0. The average Bonchev–Trinajstić information content (AvgIpc) is 2.76. The van der Waals surface area contributed by atoms with Gasteiger partial charge in [-0.1, -0.05) is 59.3 Å². The van der Waals surface area contributed by atoms with Gasteiger partial charge in [0.2, 0.25) is 0 Å². The lowest BCUT2D eigenvalue weighted by molar-refractivity contribution is -0.167. The Balaban J connectivity index is 2.67. The Morgan fingerprint density at radius 2 is 1.03 bits per heavy atom. The maximum atomic E-state index is 12.7. The van der Waals surface area contributed by atoms with Gasteiger partial charge >= 0.3 is 17.9 Å². The third kappa shape index (κ3) is 9.94. The summed E-state index contributed by atoms with van der Waals surface area (Å²) < 4.78 is 16.3. The molecule has 0 aromatic heterocycles. The summed E-state index contributed by atoms with van der Waals surface area (Å²) >= 11 is 0. The molecule has 3 atom stereocenters. The zero-order valence-corrected chi connectivity index (χ0v) is 19.3. The molecule has 6 heteroatoms. The molecule has 0 aromatic rings. The quantitative estimate of drug-likeness (QED) is 0.203. The maximum Gasteiger partial charge on any atom is 0.309 e. The smallest absolute Gasteiger partial charge is 0.309 e. The van der Waals surface area contributed by atoms with Gasteiger partial charge in [0.25, 0.3) is 0 Å². The van der Waals surface area contributed by atoms with Crippen LogP contribution in [0.15, 0.2) is 0 Å². The zero-order chi connectivity index (χ0) is 22.2. The summed E-state index contributed by atoms with van der Waals surface area (Å²) in [6, 6.07) is 0. The minimum atomic E-state index is -0.632. The first-order valence-corrected chi connectivity index (χ1v) is 12.0. The molecule has 1 aliphatic carbocycles. The van der Waals surface area contributed by atoms with Crippen LogP contribution in [0.1, 0.15) is 97.8 Å². The summed E-state index contributed by atoms with van der Waals surface area (Å²) in [6.07, 6.45) is 9.97. The molecule has 3 unspecified atom stereocenters. The van der Waals surface area contributed by atoms with Crippen molar-refractivity contribution in [2.24, 2.45) is 17.8 Å². The molecule has 0 bridgehead atoms. The molecule has 0 spiro atoms. The number of carbonyl (C=O) groups excluding carboxylic acids is 3. The number of carbonyl (C=O) groups is 3. The Morgan fingerprint density at radius 3 is 1.50 bits per heavy atom. The molecular weight excluding hydrogens is 384 g/mol. The van der Waals surface area contributed by atoms with Crippen LogP contribution in [-0.4, -0.2) is 37.7 Å². The van der Waals surface area contributed by atoms with E-state index in [1.165, 1.54) is 0 Å². The van der Waals surface area contributed by atoms with Crippen molar-refractivity contribution in [2.45, 2.75) is 97.8 Å². The van der Waals surface area contributed by atoms with Crippen molar-refractivity contribution in [3.63, 3.8) is 0 Å². The number of esters is 3. The summed E-state index contributed by atoms with van der Waals surface area (Å²) in [5, 5.41) is 0. The fourth-order valence-electron chi connectivity index (χ4n) is 3.83. The fourth-order valence-corrected chi connectivity index (χ4v) is 3.83. The minimum absolute atomic E-state index is 0.260. The van der Waals surface area contributed by atoms with Crippen LogP contribution < -0.4 is 0 Å². The predicted octanol–water partition coefficient (Wildman–Crippen LogP) is 5.22. The lowest BCUT2D eigenvalue weighted by Crippen LogP contribution is -2.40. The molecule has 1 rings (SSSR count). The first-order chi connectivity index (χ1) is 14.5. The zero-order valence-electron chi connectivity index (χ0n) is 19.3. The van der Waals surface area contributed by atoms with Crippen LogP contribution in [0.25, 0.3) is 0 Å². The van der Waals surface area contributed by atoms with Crippen LogP contribution in [0.4, 0.5) is 0 Å². The SMILES string of the molecule is CCCCCOC(=O)C1CCC(C(=O)OCCCCC)C(C(=O)OCCCCC)C1. The minimum Gasteiger partial charge on any atom is -0.465 e. The Bertz CT molecular complexity index is 504. The van der Waals surface area contributed by atoms with E-state index in [0.717, 1.165) is 57.8 Å². The van der Waals surface area contributed by atoms with Gasteiger partial charge in [-0.3, -0.25) is 14.4 Å². The highest BCUT2D eigenvalue weighted by molar-refractivity contribution is 5.83. The van der Waals surface area contributed by atoms with Gasteiger partial charge < -0.3 is 14.2 Å². The third-order valence-electron chi connectivity index (χ3n) is 5.77. The van der Waals surface area contributed by atoms with Gasteiger partial charge in [-0.15, -0.1) is 0 Å². The molecular formula is C24H42O6. The first kappa shape index (κ1) is 26.4. The Labute approximate surface area is 182 Å². The van der Waals surface area contributed by atoms with Crippen LogP contribution in [-0.2, 0) is 28.6 Å². The number of hydrogen-bond acceptors (Lipinski definition) is 6. The highest BCUT2D eigenvalue weighted by Crippen LogP contribution is 2.36. The van der Waals surface area contributed by atoms with Crippen LogP contribution in [0.5, 0.6) is 0 Å². The van der Waals surface area contributed by atoms with Crippen molar-refractivity contribution < 1.29 is 28.6 Å². The normalized spacial score (nSPS) is 21.1. The highest BCUT2D eigenvalue weighted by Gasteiger charge is 2.43. The molecule has 0 radical (unpaired) electrons. The van der Waals surface area contributed by atoms with Crippen molar-refractivity contribution in [3.8, 4) is 0 Å². The molecule has 0 heterocycles. The van der Waals surface area contributed by atoms with Crippen molar-refractivity contribution in [1.29, 1.82) is 0 Å². The van der Waals surface area contributed by atoms with Gasteiger partial charge in [0.15, 0.2) is 0 Å². The van der Waals surface area contributed by atoms with Crippen molar-refractivity contribution in [2.75, 3.05) is 19.8 Å². The summed E-state index contributed by atoms with van der Waals surface area (Å²) in [4.78, 5) is 37.8. The molecule has 1 fully saturated rings. The van der Waals surface area contributed by atoms with Crippen molar-refractivity contribution in [3.05, 3.63) is 0 Å². The molecule has 0 N–H and O–H groups in total. The van der Waals surface area contributed by atoms with E-state index >= 15 is 0 Å². The molecule has 6 nitrogen and oxygen atoms in total. The Morgan fingerprint density at radius 1 is 0.600 bits per heavy atom. The standard InChI is InChI=1S/C24H42O6/c1-4-7-10-15-28-22(25)19-13-14-20(23(26)29-16-11-8-5-2)21(18-19)24(27)30-17-12-9-6-3/h19-21H,4-18H2,1-3H3. The van der Waals surface area contributed by atoms with Gasteiger partial charge in [0.05, 0.1) is 37.6 Å². The van der Waals surface area contributed by atoms with E-state index in [2.05, 4.69) is 20.8 Å². The largest absolute Gasteiger partial charge is 0.465 e. The van der Waals surface area contributed by atoms with E-state index in [-0.39, 0.29) is 23.8 Å². The van der Waals surface area contributed by atoms with Crippen LogP contribution in [0, 0.1) is 17.8 Å². The molecule has 0 amide bonds. The summed E-state index contributed by atoms with van der Waals surface area (Å²) in [6.45, 7) is 7.43. The average molecular weight is 427 g/mol. The van der Waals surface area contributed by atoms with E-state index in [9.17, 15) is 14.4 Å². The molecule has 1 aliphatic rings. The lowest BCUT2D eigenvalue weighted by atomic mass is 9.74. The van der Waals surface area contributed by atoms with Gasteiger partial charge in [0.1, 0.15) is 0 Å². The van der Waals surface area contributed by atoms with Gasteiger partial charge in [-0.05, 0) is 38.5 Å². The number of unbranched alkanes of at least 4 members (excludes halogenated alkanes) is 6. The highest BCUT2D eigenvalue weighted by atomic mass is 16.5. The molecule has 1 saturated carbocycles. The Hall–Kier alpha value is -1.59. The monoisotopic (exact) mass is 426 g/mol. The number of rotatable bonds is 15. The van der Waals surface area contributed by atoms with E-state index in [1.54, 1.807) is 0 Å². The second-order valence-electron chi connectivity index (χ2n) is 8.35. The molecule has 0 saturated heterocycles. The van der Waals surface area contributed by atoms with Crippen LogP contribution in [0.3, 0.4) is 0 Å². The van der Waals surface area contributed by atoms with Crippen molar-refractivity contribution in [1.82, 2.24) is 0 Å². The Kier molecular flexibility index (Phi) is 14.2. The van der Waals surface area contributed by atoms with E-state index in [0.29, 0.717) is 39.1 Å². The maximum absolute atomic E-state index is 12.7. The van der Waals surface area contributed by atoms with E-state index in [1.807, 2.05) is 0 Å². The lowest BCUT2D eigenvalue weighted by Gasteiger charge is -2.32. The molecule has 0 aliphatic heterocycles. The summed E-state index contributed by atoms with van der Waals surface area (Å²) in [7, 11) is 0. The number of hydrogen-bond donors (Lipinski definition) is 0. The fraction of sp³-hybridized carbons (Fsp3) is 0.875. The van der Waals surface area contributed by atoms with Crippen molar-refractivity contribution >= 4 is 17.9 Å². The van der Waals surface area contributed by atoms with E-state index in [4.69, 9.17) is 14.2 Å². The van der Waals surface area contributed by atoms with Crippen LogP contribution >= 0.6 is 0 Å². The first-order valence-electron chi connectivity index (χ1n) is 12.0. The van der Waals surface area contributed by atoms with Crippen LogP contribution in [0.2, 0.25) is 0 Å². The molecule has 0 aromatic carbocycles. The topological polar surface area (TPSA) is 78.9 Å². The second-order valence-corrected chi connectivity index (χ2v) is 8.35. The third-order valence-corrected chi connectivity index (χ3v) is 5.77. The second kappa shape index (κ2) is 16.1. The van der Waals surface area contributed by atoms with Gasteiger partial charge in [0, 0.05) is 0 Å². The predicted molar refractivity (Wildman–Crippen MR) is 116 cm³/mol. The number of ether oxygens (including phenoxy) is 3. The molecule has 30 heavy (non-hydrogen) atoms. The molecule has 174 valence electrons. The van der Waals surface area contributed by atoms with Gasteiger partial charge in [-0.25, -0.2) is 0 Å². The van der Waals surface area contributed by atoms with E-state index < -0.39 is 11.8 Å².